The van der Waals surface area contributed by atoms with Crippen molar-refractivity contribution in [2.75, 3.05) is 33.2 Å². The molecule has 1 aliphatic rings. The summed E-state index contributed by atoms with van der Waals surface area (Å²) in [6.45, 7) is 6.35. The van der Waals surface area contributed by atoms with Crippen molar-refractivity contribution in [3.8, 4) is 0 Å². The van der Waals surface area contributed by atoms with Crippen LogP contribution in [-0.2, 0) is 13.1 Å². The lowest BCUT2D eigenvalue weighted by Crippen LogP contribution is -2.28. The zero-order chi connectivity index (χ0) is 13.0. The van der Waals surface area contributed by atoms with E-state index >= 15 is 0 Å². The number of rotatable bonds is 3. The van der Waals surface area contributed by atoms with Crippen molar-refractivity contribution < 1.29 is 0 Å². The van der Waals surface area contributed by atoms with Crippen molar-refractivity contribution in [3.63, 3.8) is 0 Å². The molecule has 1 saturated heterocycles. The van der Waals surface area contributed by atoms with E-state index in [1.165, 1.54) is 41.7 Å². The van der Waals surface area contributed by atoms with E-state index in [4.69, 9.17) is 5.73 Å². The van der Waals surface area contributed by atoms with Crippen molar-refractivity contribution in [1.29, 1.82) is 0 Å². The molecule has 1 aromatic rings. The second-order valence-electron chi connectivity index (χ2n) is 5.06. The minimum atomic E-state index is 0.605. The molecule has 100 valence electrons. The molecule has 0 aromatic heterocycles. The maximum atomic E-state index is 5.65. The van der Waals surface area contributed by atoms with Crippen LogP contribution in [0.15, 0.2) is 22.7 Å². The van der Waals surface area contributed by atoms with Gasteiger partial charge < -0.3 is 10.6 Å². The van der Waals surface area contributed by atoms with Crippen molar-refractivity contribution in [2.45, 2.75) is 19.5 Å². The van der Waals surface area contributed by atoms with E-state index in [9.17, 15) is 0 Å². The number of hydrogen-bond donors (Lipinski definition) is 1. The van der Waals surface area contributed by atoms with Crippen molar-refractivity contribution in [2.24, 2.45) is 5.73 Å². The van der Waals surface area contributed by atoms with Crippen LogP contribution in [0.3, 0.4) is 0 Å². The third kappa shape index (κ3) is 3.79. The third-order valence-electron chi connectivity index (χ3n) is 3.56. The fraction of sp³-hybridized carbons (Fsp3) is 0.571. The highest BCUT2D eigenvalue weighted by Crippen LogP contribution is 2.20. The molecule has 0 unspecified atom stereocenters. The molecule has 1 heterocycles. The summed E-state index contributed by atoms with van der Waals surface area (Å²) < 4.78 is 1.18. The van der Waals surface area contributed by atoms with Crippen LogP contribution < -0.4 is 5.73 Å². The van der Waals surface area contributed by atoms with Gasteiger partial charge in [0.15, 0.2) is 0 Å². The highest BCUT2D eigenvalue weighted by Gasteiger charge is 2.13. The van der Waals surface area contributed by atoms with Gasteiger partial charge >= 0.3 is 0 Å². The number of nitrogens with zero attached hydrogens (tertiary/aromatic N) is 2. The molecule has 0 atom stereocenters. The minimum absolute atomic E-state index is 0.605. The largest absolute Gasteiger partial charge is 0.326 e. The molecule has 0 bridgehead atoms. The lowest BCUT2D eigenvalue weighted by Gasteiger charge is -2.21. The molecule has 2 rings (SSSR count). The first kappa shape index (κ1) is 14.0. The van der Waals surface area contributed by atoms with Crippen LogP contribution in [0.2, 0.25) is 0 Å². The van der Waals surface area contributed by atoms with Gasteiger partial charge in [0, 0.05) is 30.7 Å². The first-order valence-electron chi connectivity index (χ1n) is 6.57. The fourth-order valence-corrected chi connectivity index (χ4v) is 2.90. The van der Waals surface area contributed by atoms with Crippen LogP contribution in [0.4, 0.5) is 0 Å². The summed E-state index contributed by atoms with van der Waals surface area (Å²) in [4.78, 5) is 4.94. The molecule has 0 radical (unpaired) electrons. The van der Waals surface area contributed by atoms with Gasteiger partial charge in [-0.2, -0.15) is 0 Å². The summed E-state index contributed by atoms with van der Waals surface area (Å²) >= 11 is 3.65. The van der Waals surface area contributed by atoms with E-state index in [1.54, 1.807) is 0 Å². The van der Waals surface area contributed by atoms with Crippen LogP contribution in [0.25, 0.3) is 0 Å². The summed E-state index contributed by atoms with van der Waals surface area (Å²) in [6, 6.07) is 6.46. The predicted octanol–water partition coefficient (Wildman–Crippen LogP) is 2.05. The first-order chi connectivity index (χ1) is 8.69. The highest BCUT2D eigenvalue weighted by atomic mass is 79.9. The van der Waals surface area contributed by atoms with Gasteiger partial charge in [0.05, 0.1) is 0 Å². The van der Waals surface area contributed by atoms with Gasteiger partial charge in [-0.25, -0.2) is 0 Å². The number of benzene rings is 1. The van der Waals surface area contributed by atoms with Crippen LogP contribution in [0.5, 0.6) is 0 Å². The zero-order valence-corrected chi connectivity index (χ0v) is 12.6. The van der Waals surface area contributed by atoms with Crippen LogP contribution >= 0.6 is 15.9 Å². The Kier molecular flexibility index (Phi) is 5.18. The lowest BCUT2D eigenvalue weighted by atomic mass is 10.1. The SMILES string of the molecule is CN1CCCN(Cc2ccc(CN)cc2Br)CC1. The molecule has 0 amide bonds. The Morgan fingerprint density at radius 2 is 2.06 bits per heavy atom. The van der Waals surface area contributed by atoms with Gasteiger partial charge in [-0.3, -0.25) is 4.90 Å². The molecule has 1 aliphatic heterocycles. The average Bonchev–Trinajstić information content (AvgIpc) is 2.57. The van der Waals surface area contributed by atoms with Crippen LogP contribution in [0, 0.1) is 0 Å². The maximum absolute atomic E-state index is 5.65. The van der Waals surface area contributed by atoms with E-state index in [0.29, 0.717) is 6.54 Å². The molecule has 4 heteroatoms. The molecule has 0 saturated carbocycles. The van der Waals surface area contributed by atoms with E-state index in [2.05, 4.69) is 51.0 Å². The highest BCUT2D eigenvalue weighted by molar-refractivity contribution is 9.10. The predicted molar refractivity (Wildman–Crippen MR) is 79.4 cm³/mol. The quantitative estimate of drug-likeness (QED) is 0.927. The van der Waals surface area contributed by atoms with Crippen molar-refractivity contribution >= 4 is 15.9 Å². The summed E-state index contributed by atoms with van der Waals surface area (Å²) in [5.41, 5.74) is 8.19. The molecule has 3 nitrogen and oxygen atoms in total. The number of nitrogens with two attached hydrogens (primary N) is 1. The molecule has 1 fully saturated rings. The van der Waals surface area contributed by atoms with Gasteiger partial charge in [-0.15, -0.1) is 0 Å². The average molecular weight is 312 g/mol. The third-order valence-corrected chi connectivity index (χ3v) is 4.30. The summed E-state index contributed by atoms with van der Waals surface area (Å²) in [7, 11) is 2.20. The van der Waals surface area contributed by atoms with Crippen LogP contribution in [-0.4, -0.2) is 43.0 Å². The number of hydrogen-bond acceptors (Lipinski definition) is 3. The Bertz CT molecular complexity index is 395. The molecular weight excluding hydrogens is 290 g/mol. The van der Waals surface area contributed by atoms with E-state index < -0.39 is 0 Å². The van der Waals surface area contributed by atoms with Crippen molar-refractivity contribution in [1.82, 2.24) is 9.80 Å². The van der Waals surface area contributed by atoms with Gasteiger partial charge in [-0.1, -0.05) is 28.1 Å². The summed E-state index contributed by atoms with van der Waals surface area (Å²) in [5.74, 6) is 0. The standard InChI is InChI=1S/C14H22BrN3/c1-17-5-2-6-18(8-7-17)11-13-4-3-12(10-16)9-14(13)15/h3-4,9H,2,5-8,10-11,16H2,1H3. The van der Waals surface area contributed by atoms with Crippen LogP contribution in [0.1, 0.15) is 17.5 Å². The lowest BCUT2D eigenvalue weighted by molar-refractivity contribution is 0.269. The molecule has 1 aromatic carbocycles. The smallest absolute Gasteiger partial charge is 0.0245 e. The fourth-order valence-electron chi connectivity index (χ4n) is 2.35. The van der Waals surface area contributed by atoms with E-state index in [1.807, 2.05) is 0 Å². The van der Waals surface area contributed by atoms with Gasteiger partial charge in [0.25, 0.3) is 0 Å². The number of halogens is 1. The molecule has 0 aliphatic carbocycles. The molecular formula is C14H22BrN3. The van der Waals surface area contributed by atoms with Gasteiger partial charge in [-0.05, 0) is 43.8 Å². The van der Waals surface area contributed by atoms with Gasteiger partial charge in [0.1, 0.15) is 0 Å². The summed E-state index contributed by atoms with van der Waals surface area (Å²) in [5, 5.41) is 0. The zero-order valence-electron chi connectivity index (χ0n) is 11.0. The minimum Gasteiger partial charge on any atom is -0.326 e. The Labute approximate surface area is 118 Å². The Morgan fingerprint density at radius 1 is 1.22 bits per heavy atom. The number of likely N-dealkylation sites (N-methyl/N-ethyl adjacent to an activating group) is 1. The second-order valence-corrected chi connectivity index (χ2v) is 5.92. The second kappa shape index (κ2) is 6.66. The Morgan fingerprint density at radius 3 is 2.78 bits per heavy atom. The summed E-state index contributed by atoms with van der Waals surface area (Å²) in [6.07, 6.45) is 1.26. The van der Waals surface area contributed by atoms with E-state index in [0.717, 1.165) is 13.1 Å². The Balaban J connectivity index is 2.00. The molecule has 0 spiro atoms. The first-order valence-corrected chi connectivity index (χ1v) is 7.36. The Hall–Kier alpha value is -0.420. The topological polar surface area (TPSA) is 32.5 Å². The molecule has 2 N–H and O–H groups in total. The van der Waals surface area contributed by atoms with Crippen molar-refractivity contribution in [3.05, 3.63) is 33.8 Å². The normalized spacial score (nSPS) is 18.8. The maximum Gasteiger partial charge on any atom is 0.0245 e. The van der Waals surface area contributed by atoms with Gasteiger partial charge in [0.2, 0.25) is 0 Å². The van der Waals surface area contributed by atoms with E-state index in [-0.39, 0.29) is 0 Å². The molecule has 18 heavy (non-hydrogen) atoms. The monoisotopic (exact) mass is 311 g/mol.